The normalized spacial score (nSPS) is 10.5. The molecule has 0 aliphatic carbocycles. The van der Waals surface area contributed by atoms with Crippen LogP contribution in [0.2, 0.25) is 0 Å². The van der Waals surface area contributed by atoms with Crippen LogP contribution in [0.5, 0.6) is 11.5 Å². The molecule has 0 saturated heterocycles. The zero-order valence-corrected chi connectivity index (χ0v) is 11.2. The number of para-hydroxylation sites is 1. The van der Waals surface area contributed by atoms with Crippen molar-refractivity contribution in [3.05, 3.63) is 59.4 Å². The summed E-state index contributed by atoms with van der Waals surface area (Å²) in [5.74, 6) is 1.27. The molecule has 0 spiro atoms. The lowest BCUT2D eigenvalue weighted by molar-refractivity contribution is 0.466. The third kappa shape index (κ3) is 3.32. The van der Waals surface area contributed by atoms with Crippen LogP contribution in [0, 0.1) is 5.82 Å². The smallest absolute Gasteiger partial charge is 0.132 e. The van der Waals surface area contributed by atoms with E-state index in [2.05, 4.69) is 12.2 Å². The SMILES string of the molecule is CCc1ccccc1Oc1ccc(F)cc1CNC. The van der Waals surface area contributed by atoms with Gasteiger partial charge in [0.15, 0.2) is 0 Å². The van der Waals surface area contributed by atoms with Crippen LogP contribution in [-0.2, 0) is 13.0 Å². The topological polar surface area (TPSA) is 21.3 Å². The fraction of sp³-hybridized carbons (Fsp3) is 0.250. The maximum Gasteiger partial charge on any atom is 0.132 e. The first-order chi connectivity index (χ1) is 9.24. The van der Waals surface area contributed by atoms with Gasteiger partial charge < -0.3 is 10.1 Å². The van der Waals surface area contributed by atoms with Crippen LogP contribution < -0.4 is 10.1 Å². The molecule has 0 fully saturated rings. The summed E-state index contributed by atoms with van der Waals surface area (Å²) in [5.41, 5.74) is 1.95. The largest absolute Gasteiger partial charge is 0.457 e. The van der Waals surface area contributed by atoms with Crippen molar-refractivity contribution >= 4 is 0 Å². The number of aryl methyl sites for hydroxylation is 1. The molecule has 0 bridgehead atoms. The van der Waals surface area contributed by atoms with Gasteiger partial charge in [-0.3, -0.25) is 0 Å². The summed E-state index contributed by atoms with van der Waals surface area (Å²) in [7, 11) is 1.83. The van der Waals surface area contributed by atoms with E-state index in [0.717, 1.165) is 23.3 Å². The molecule has 0 saturated carbocycles. The Morgan fingerprint density at radius 1 is 1.05 bits per heavy atom. The van der Waals surface area contributed by atoms with Crippen molar-refractivity contribution < 1.29 is 9.13 Å². The summed E-state index contributed by atoms with van der Waals surface area (Å²) in [6, 6.07) is 12.5. The third-order valence-electron chi connectivity index (χ3n) is 2.96. The molecule has 0 atom stereocenters. The molecular weight excluding hydrogens is 241 g/mol. The number of ether oxygens (including phenoxy) is 1. The van der Waals surface area contributed by atoms with E-state index in [1.165, 1.54) is 12.1 Å². The lowest BCUT2D eigenvalue weighted by atomic mass is 10.1. The summed E-state index contributed by atoms with van der Waals surface area (Å²) in [6.07, 6.45) is 0.902. The second-order valence-corrected chi connectivity index (χ2v) is 4.35. The van der Waals surface area contributed by atoms with E-state index < -0.39 is 0 Å². The molecular formula is C16H18FNO. The van der Waals surface area contributed by atoms with E-state index in [1.54, 1.807) is 6.07 Å². The van der Waals surface area contributed by atoms with Gasteiger partial charge in [-0.15, -0.1) is 0 Å². The molecule has 0 unspecified atom stereocenters. The molecule has 0 amide bonds. The number of halogens is 1. The minimum Gasteiger partial charge on any atom is -0.457 e. The number of hydrogen-bond acceptors (Lipinski definition) is 2. The quantitative estimate of drug-likeness (QED) is 0.879. The number of nitrogens with one attached hydrogen (secondary N) is 1. The first-order valence-electron chi connectivity index (χ1n) is 6.43. The highest BCUT2D eigenvalue weighted by atomic mass is 19.1. The fourth-order valence-corrected chi connectivity index (χ4v) is 1.99. The second-order valence-electron chi connectivity index (χ2n) is 4.35. The standard InChI is InChI=1S/C16H18FNO/c1-3-12-6-4-5-7-15(12)19-16-9-8-14(17)10-13(16)11-18-2/h4-10,18H,3,11H2,1-2H3. The van der Waals surface area contributed by atoms with Crippen molar-refractivity contribution in [3.8, 4) is 11.5 Å². The average molecular weight is 259 g/mol. The van der Waals surface area contributed by atoms with Gasteiger partial charge in [0.25, 0.3) is 0 Å². The molecule has 2 rings (SSSR count). The van der Waals surface area contributed by atoms with Crippen LogP contribution in [0.15, 0.2) is 42.5 Å². The van der Waals surface area contributed by atoms with Crippen molar-refractivity contribution in [2.24, 2.45) is 0 Å². The van der Waals surface area contributed by atoms with E-state index in [-0.39, 0.29) is 5.82 Å². The van der Waals surface area contributed by atoms with E-state index in [4.69, 9.17) is 4.74 Å². The monoisotopic (exact) mass is 259 g/mol. The molecule has 19 heavy (non-hydrogen) atoms. The Kier molecular flexibility index (Phi) is 4.53. The highest BCUT2D eigenvalue weighted by molar-refractivity contribution is 5.41. The van der Waals surface area contributed by atoms with E-state index in [9.17, 15) is 4.39 Å². The molecule has 0 aromatic heterocycles. The van der Waals surface area contributed by atoms with Crippen LogP contribution in [0.25, 0.3) is 0 Å². The van der Waals surface area contributed by atoms with Gasteiger partial charge >= 0.3 is 0 Å². The van der Waals surface area contributed by atoms with Crippen molar-refractivity contribution in [2.75, 3.05) is 7.05 Å². The van der Waals surface area contributed by atoms with Crippen molar-refractivity contribution in [1.82, 2.24) is 5.32 Å². The molecule has 100 valence electrons. The van der Waals surface area contributed by atoms with E-state index in [0.29, 0.717) is 12.3 Å². The van der Waals surface area contributed by atoms with Gasteiger partial charge in [0.05, 0.1) is 0 Å². The lowest BCUT2D eigenvalue weighted by Gasteiger charge is -2.13. The van der Waals surface area contributed by atoms with Gasteiger partial charge in [-0.1, -0.05) is 25.1 Å². The molecule has 3 heteroatoms. The van der Waals surface area contributed by atoms with Crippen LogP contribution in [-0.4, -0.2) is 7.05 Å². The Morgan fingerprint density at radius 3 is 2.53 bits per heavy atom. The highest BCUT2D eigenvalue weighted by Gasteiger charge is 2.08. The van der Waals surface area contributed by atoms with Gasteiger partial charge in [-0.05, 0) is 43.3 Å². The minimum atomic E-state index is -0.249. The van der Waals surface area contributed by atoms with Crippen LogP contribution >= 0.6 is 0 Å². The summed E-state index contributed by atoms with van der Waals surface area (Å²) < 4.78 is 19.2. The van der Waals surface area contributed by atoms with Gasteiger partial charge in [0.1, 0.15) is 17.3 Å². The predicted molar refractivity (Wildman–Crippen MR) is 75.1 cm³/mol. The van der Waals surface area contributed by atoms with Gasteiger partial charge in [-0.2, -0.15) is 0 Å². The zero-order chi connectivity index (χ0) is 13.7. The lowest BCUT2D eigenvalue weighted by Crippen LogP contribution is -2.07. The number of benzene rings is 2. The summed E-state index contributed by atoms with van der Waals surface area (Å²) in [4.78, 5) is 0. The molecule has 2 aromatic rings. The molecule has 1 N–H and O–H groups in total. The van der Waals surface area contributed by atoms with Crippen LogP contribution in [0.3, 0.4) is 0 Å². The minimum absolute atomic E-state index is 0.249. The zero-order valence-electron chi connectivity index (χ0n) is 11.2. The number of hydrogen-bond donors (Lipinski definition) is 1. The third-order valence-corrected chi connectivity index (χ3v) is 2.96. The molecule has 0 radical (unpaired) electrons. The summed E-state index contributed by atoms with van der Waals surface area (Å²) in [5, 5.41) is 3.02. The molecule has 2 aromatic carbocycles. The Labute approximate surface area is 113 Å². The van der Waals surface area contributed by atoms with Crippen LogP contribution in [0.4, 0.5) is 4.39 Å². The van der Waals surface area contributed by atoms with E-state index >= 15 is 0 Å². The van der Waals surface area contributed by atoms with Gasteiger partial charge in [-0.25, -0.2) is 4.39 Å². The van der Waals surface area contributed by atoms with Crippen molar-refractivity contribution in [3.63, 3.8) is 0 Å². The number of rotatable bonds is 5. The maximum absolute atomic E-state index is 13.3. The maximum atomic E-state index is 13.3. The van der Waals surface area contributed by atoms with Gasteiger partial charge in [0.2, 0.25) is 0 Å². The first-order valence-corrected chi connectivity index (χ1v) is 6.43. The molecule has 0 aliphatic rings. The Balaban J connectivity index is 2.32. The van der Waals surface area contributed by atoms with E-state index in [1.807, 2.05) is 31.3 Å². The molecule has 0 aliphatic heterocycles. The van der Waals surface area contributed by atoms with Crippen molar-refractivity contribution in [2.45, 2.75) is 19.9 Å². The Morgan fingerprint density at radius 2 is 1.79 bits per heavy atom. The fourth-order valence-electron chi connectivity index (χ4n) is 1.99. The predicted octanol–water partition coefficient (Wildman–Crippen LogP) is 3.90. The van der Waals surface area contributed by atoms with Crippen molar-refractivity contribution in [1.29, 1.82) is 0 Å². The molecule has 0 heterocycles. The highest BCUT2D eigenvalue weighted by Crippen LogP contribution is 2.28. The molecule has 2 nitrogen and oxygen atoms in total. The summed E-state index contributed by atoms with van der Waals surface area (Å²) in [6.45, 7) is 2.66. The Bertz CT molecular complexity index is 554. The average Bonchev–Trinajstić information content (AvgIpc) is 2.43. The van der Waals surface area contributed by atoms with Crippen LogP contribution in [0.1, 0.15) is 18.1 Å². The second kappa shape index (κ2) is 6.34. The first kappa shape index (κ1) is 13.6. The summed E-state index contributed by atoms with van der Waals surface area (Å²) >= 11 is 0. The van der Waals surface area contributed by atoms with Gasteiger partial charge in [0, 0.05) is 12.1 Å². The Hall–Kier alpha value is -1.87.